The molecule has 0 bridgehead atoms. The van der Waals surface area contributed by atoms with Gasteiger partial charge in [-0.2, -0.15) is 0 Å². The molecule has 0 spiro atoms. The summed E-state index contributed by atoms with van der Waals surface area (Å²) in [5.74, 6) is 0. The van der Waals surface area contributed by atoms with Crippen molar-refractivity contribution in [1.29, 1.82) is 0 Å². The zero-order valence-corrected chi connectivity index (χ0v) is 4.16. The van der Waals surface area contributed by atoms with Crippen molar-refractivity contribution in [3.63, 3.8) is 0 Å². The van der Waals surface area contributed by atoms with Crippen LogP contribution in [0.1, 0.15) is 0 Å². The molecule has 0 heterocycles. The van der Waals surface area contributed by atoms with Crippen molar-refractivity contribution in [2.24, 2.45) is 0 Å². The van der Waals surface area contributed by atoms with Crippen LogP contribution >= 0.6 is 0 Å². The van der Waals surface area contributed by atoms with Gasteiger partial charge in [0.25, 0.3) is 0 Å². The molecule has 0 nitrogen and oxygen atoms in total. The average Bonchev–Trinajstić information content (AvgIpc) is 0.722. The van der Waals surface area contributed by atoms with Crippen LogP contribution in [0.3, 0.4) is 0 Å². The van der Waals surface area contributed by atoms with E-state index in [4.69, 9.17) is 0 Å². The van der Waals surface area contributed by atoms with E-state index in [-0.39, 0.29) is 0 Å². The maximum absolute atomic E-state index is 10.4. The van der Waals surface area contributed by atoms with E-state index in [1.165, 1.54) is 0 Å². The summed E-state index contributed by atoms with van der Waals surface area (Å²) in [4.78, 5) is 0. The van der Waals surface area contributed by atoms with Crippen molar-refractivity contribution in [2.45, 2.75) is 0 Å². The Morgan fingerprint density at radius 2 is 1.20 bits per heavy atom. The fourth-order valence-electron chi connectivity index (χ4n) is 0. The molecule has 5 heavy (non-hydrogen) atoms. The van der Waals surface area contributed by atoms with Crippen molar-refractivity contribution in [3.05, 3.63) is 0 Å². The van der Waals surface area contributed by atoms with Crippen LogP contribution in [0.2, 0.25) is 0 Å². The Morgan fingerprint density at radius 3 is 1.20 bits per heavy atom. The summed E-state index contributed by atoms with van der Waals surface area (Å²) >= 11 is -5.62. The molecule has 0 radical (unpaired) electrons. The summed E-state index contributed by atoms with van der Waals surface area (Å²) in [6.45, 7) is 0. The first-order chi connectivity index (χ1) is 2.00. The predicted molar refractivity (Wildman–Crippen MR) is 16.2 cm³/mol. The minimum atomic E-state index is -5.62. The summed E-state index contributed by atoms with van der Waals surface area (Å²) in [6, 6.07) is 0. The Morgan fingerprint density at radius 1 is 1.20 bits per heavy atom. The normalized spacial score (nSPS) is 11.8. The van der Waals surface area contributed by atoms with Crippen molar-refractivity contribution in [3.8, 4) is 0 Å². The molecule has 0 unspecified atom stereocenters. The van der Waals surface area contributed by atoms with Crippen LogP contribution in [0, 0.1) is 0 Å². The van der Waals surface area contributed by atoms with Gasteiger partial charge in [-0.25, -0.2) is 0 Å². The summed E-state index contributed by atoms with van der Waals surface area (Å²) in [5, 5.41) is 1.94. The molecular weight excluding hydrogens is 144 g/mol. The van der Waals surface area contributed by atoms with Gasteiger partial charge in [0.15, 0.2) is 0 Å². The predicted octanol–water partition coefficient (Wildman–Crippen LogP) is 0.848. The zero-order valence-electron chi connectivity index (χ0n) is 2.29. The summed E-state index contributed by atoms with van der Waals surface area (Å²) in [6.07, 6.45) is 0. The van der Waals surface area contributed by atoms with Gasteiger partial charge >= 0.3 is 30.2 Å². The van der Waals surface area contributed by atoms with Gasteiger partial charge in [0.2, 0.25) is 0 Å². The van der Waals surface area contributed by atoms with E-state index in [0.29, 0.717) is 0 Å². The molecular formula is CH2AsF3. The monoisotopic (exact) mass is 146 g/mol. The molecule has 0 N–H and O–H groups in total. The van der Waals surface area contributed by atoms with E-state index in [1.54, 1.807) is 0 Å². The van der Waals surface area contributed by atoms with Crippen LogP contribution in [-0.4, -0.2) is 19.8 Å². The molecule has 0 aliphatic rings. The molecule has 0 atom stereocenters. The molecule has 0 saturated carbocycles. The molecule has 0 amide bonds. The van der Waals surface area contributed by atoms with Gasteiger partial charge in [-0.3, -0.25) is 0 Å². The molecule has 0 aliphatic carbocycles. The van der Waals surface area contributed by atoms with Crippen molar-refractivity contribution in [2.75, 3.05) is 0 Å². The zero-order chi connectivity index (χ0) is 4.50. The molecule has 0 aliphatic heterocycles. The Labute approximate surface area is 31.1 Å². The number of hydrogen-bond acceptors (Lipinski definition) is 0. The molecule has 0 aromatic carbocycles. The van der Waals surface area contributed by atoms with Gasteiger partial charge < -0.3 is 0 Å². The maximum atomic E-state index is 10.4. The molecule has 0 rings (SSSR count). The number of rotatable bonds is 0. The minimum absolute atomic E-state index is 1.94. The second-order valence-corrected chi connectivity index (χ2v) is 2.86. The van der Waals surface area contributed by atoms with Crippen LogP contribution in [0.4, 0.5) is 10.4 Å². The third kappa shape index (κ3) is 435. The van der Waals surface area contributed by atoms with Crippen LogP contribution in [0.5, 0.6) is 0 Å². The fourth-order valence-corrected chi connectivity index (χ4v) is 0. The van der Waals surface area contributed by atoms with Crippen LogP contribution in [0.25, 0.3) is 0 Å². The summed E-state index contributed by atoms with van der Waals surface area (Å²) < 4.78 is 31.2. The quantitative estimate of drug-likeness (QED) is 0.444. The Balaban J connectivity index is 3.47. The summed E-state index contributed by atoms with van der Waals surface area (Å²) in [7, 11) is 0. The van der Waals surface area contributed by atoms with Crippen LogP contribution in [-0.2, 0) is 0 Å². The van der Waals surface area contributed by atoms with Crippen LogP contribution < -0.4 is 0 Å². The molecule has 0 aromatic rings. The fraction of sp³-hybridized carbons (Fsp3) is 0. The molecule has 4 heteroatoms. The van der Waals surface area contributed by atoms with Gasteiger partial charge in [0, 0.05) is 0 Å². The SMILES string of the molecule is C=[As](F)(F)F. The van der Waals surface area contributed by atoms with Crippen molar-refractivity contribution in [1.82, 2.24) is 0 Å². The molecule has 0 saturated heterocycles. The Bertz CT molecular complexity index is 53.0. The molecule has 0 fully saturated rings. The van der Waals surface area contributed by atoms with Crippen molar-refractivity contribution < 1.29 is 10.4 Å². The molecule has 0 aromatic heterocycles. The summed E-state index contributed by atoms with van der Waals surface area (Å²) in [5.41, 5.74) is 0. The van der Waals surface area contributed by atoms with Crippen LogP contribution in [0.15, 0.2) is 0 Å². The van der Waals surface area contributed by atoms with Gasteiger partial charge in [-0.05, 0) is 0 Å². The van der Waals surface area contributed by atoms with Gasteiger partial charge in [-0.1, -0.05) is 0 Å². The first-order valence-electron chi connectivity index (χ1n) is 0.823. The number of halogens is 3. The van der Waals surface area contributed by atoms with E-state index in [1.807, 2.05) is 5.31 Å². The van der Waals surface area contributed by atoms with Gasteiger partial charge in [0.05, 0.1) is 0 Å². The Hall–Kier alpha value is 0.218. The second-order valence-electron chi connectivity index (χ2n) is 0.550. The average molecular weight is 146 g/mol. The number of hydrogen-bond donors (Lipinski definition) is 0. The van der Waals surface area contributed by atoms with Crippen molar-refractivity contribution >= 4 is 19.8 Å². The van der Waals surface area contributed by atoms with Gasteiger partial charge in [0.1, 0.15) is 0 Å². The first-order valence-corrected chi connectivity index (χ1v) is 4.28. The topological polar surface area (TPSA) is 0 Å². The first kappa shape index (κ1) is 5.22. The van der Waals surface area contributed by atoms with E-state index < -0.39 is 14.5 Å². The van der Waals surface area contributed by atoms with E-state index >= 15 is 0 Å². The third-order valence-corrected chi connectivity index (χ3v) is 0. The van der Waals surface area contributed by atoms with E-state index in [9.17, 15) is 10.4 Å². The molecule has 32 valence electrons. The standard InChI is InChI=1S/CH2AsF3/c1-2(3,4)5/h1H2. The van der Waals surface area contributed by atoms with E-state index in [2.05, 4.69) is 0 Å². The second kappa shape index (κ2) is 1.13. The van der Waals surface area contributed by atoms with Gasteiger partial charge in [-0.15, -0.1) is 0 Å². The third-order valence-electron chi connectivity index (χ3n) is 0. The Kier molecular flexibility index (Phi) is 1.18. The van der Waals surface area contributed by atoms with E-state index in [0.717, 1.165) is 0 Å².